The molecule has 0 heterocycles. The van der Waals surface area contributed by atoms with Gasteiger partial charge in [-0.15, -0.1) is 0 Å². The molecule has 0 aliphatic rings. The Morgan fingerprint density at radius 2 is 1.80 bits per heavy atom. The van der Waals surface area contributed by atoms with Gasteiger partial charge in [0.25, 0.3) is 0 Å². The molecule has 1 atom stereocenters. The van der Waals surface area contributed by atoms with E-state index in [1.54, 1.807) is 25.9 Å². The van der Waals surface area contributed by atoms with Gasteiger partial charge in [-0.3, -0.25) is 0 Å². The Labute approximate surface area is 121 Å². The number of nitrogens with one attached hydrogen (secondary N) is 1. The second-order valence-corrected chi connectivity index (χ2v) is 5.17. The fourth-order valence-electron chi connectivity index (χ4n) is 2.10. The van der Waals surface area contributed by atoms with Gasteiger partial charge >= 0.3 is 12.0 Å². The third-order valence-electron chi connectivity index (χ3n) is 3.39. The maximum Gasteiger partial charge on any atom is 0.326 e. The number of rotatable bonds is 9. The fraction of sp³-hybridized carbons (Fsp3) is 0.857. The van der Waals surface area contributed by atoms with Gasteiger partial charge in [0.2, 0.25) is 0 Å². The minimum Gasteiger partial charge on any atom is -0.480 e. The van der Waals surface area contributed by atoms with Crippen LogP contribution in [0.4, 0.5) is 4.79 Å². The minimum absolute atomic E-state index is 0.0896. The Bertz CT molecular complexity index is 304. The number of ether oxygens (including phenoxy) is 1. The highest BCUT2D eigenvalue weighted by Gasteiger charge is 2.28. The highest BCUT2D eigenvalue weighted by molar-refractivity contribution is 5.82. The van der Waals surface area contributed by atoms with Crippen LogP contribution in [0, 0.1) is 5.92 Å². The van der Waals surface area contributed by atoms with Crippen LogP contribution in [0.5, 0.6) is 0 Å². The Balaban J connectivity index is 4.88. The number of carbonyl (C=O) groups excluding carboxylic acids is 1. The van der Waals surface area contributed by atoms with E-state index in [0.717, 1.165) is 12.8 Å². The number of carboxylic acids is 1. The molecule has 6 nitrogen and oxygen atoms in total. The first-order valence-electron chi connectivity index (χ1n) is 7.17. The summed E-state index contributed by atoms with van der Waals surface area (Å²) >= 11 is 0. The van der Waals surface area contributed by atoms with Crippen LogP contribution in [-0.4, -0.2) is 54.4 Å². The molecular formula is C14H28N2O4. The first-order valence-corrected chi connectivity index (χ1v) is 7.17. The molecule has 0 bridgehead atoms. The van der Waals surface area contributed by atoms with Gasteiger partial charge in [0.15, 0.2) is 0 Å². The van der Waals surface area contributed by atoms with E-state index < -0.39 is 12.0 Å². The number of nitrogens with zero attached hydrogens (tertiary/aromatic N) is 1. The molecule has 0 rings (SSSR count). The normalized spacial score (nSPS) is 12.6. The summed E-state index contributed by atoms with van der Waals surface area (Å²) in [4.78, 5) is 25.2. The van der Waals surface area contributed by atoms with Gasteiger partial charge in [-0.2, -0.15) is 0 Å². The van der Waals surface area contributed by atoms with Crippen molar-refractivity contribution < 1.29 is 19.4 Å². The number of hydrogen-bond donors (Lipinski definition) is 2. The second kappa shape index (κ2) is 9.58. The smallest absolute Gasteiger partial charge is 0.326 e. The fourth-order valence-corrected chi connectivity index (χ4v) is 2.10. The molecule has 2 amide bonds. The van der Waals surface area contributed by atoms with E-state index >= 15 is 0 Å². The lowest BCUT2D eigenvalue weighted by Crippen LogP contribution is -2.53. The van der Waals surface area contributed by atoms with Crippen molar-refractivity contribution in [1.29, 1.82) is 0 Å². The molecule has 0 unspecified atom stereocenters. The van der Waals surface area contributed by atoms with Crippen molar-refractivity contribution >= 4 is 12.0 Å². The molecule has 0 spiro atoms. The van der Waals surface area contributed by atoms with Crippen molar-refractivity contribution in [3.63, 3.8) is 0 Å². The SMILES string of the molecule is CCC(CC)N(CCOC)C(=O)N[C@H](C(=O)O)C(C)C. The third-order valence-corrected chi connectivity index (χ3v) is 3.39. The van der Waals surface area contributed by atoms with Gasteiger partial charge in [0, 0.05) is 19.7 Å². The lowest BCUT2D eigenvalue weighted by molar-refractivity contribution is -0.140. The summed E-state index contributed by atoms with van der Waals surface area (Å²) in [5.74, 6) is -1.17. The summed E-state index contributed by atoms with van der Waals surface area (Å²) < 4.78 is 5.02. The van der Waals surface area contributed by atoms with Crippen LogP contribution in [0.25, 0.3) is 0 Å². The number of carbonyl (C=O) groups is 2. The summed E-state index contributed by atoms with van der Waals surface area (Å²) in [6.45, 7) is 8.46. The van der Waals surface area contributed by atoms with Crippen molar-refractivity contribution in [1.82, 2.24) is 10.2 Å². The van der Waals surface area contributed by atoms with Crippen molar-refractivity contribution in [2.75, 3.05) is 20.3 Å². The lowest BCUT2D eigenvalue weighted by Gasteiger charge is -2.32. The molecule has 0 aromatic heterocycles. The molecule has 20 heavy (non-hydrogen) atoms. The van der Waals surface area contributed by atoms with Crippen LogP contribution in [-0.2, 0) is 9.53 Å². The number of aliphatic carboxylic acids is 1. The summed E-state index contributed by atoms with van der Waals surface area (Å²) in [6, 6.07) is -1.12. The molecule has 0 saturated heterocycles. The van der Waals surface area contributed by atoms with E-state index in [0.29, 0.717) is 13.2 Å². The maximum absolute atomic E-state index is 12.3. The van der Waals surface area contributed by atoms with Gasteiger partial charge in [-0.1, -0.05) is 27.7 Å². The molecule has 6 heteroatoms. The predicted octanol–water partition coefficient (Wildman–Crippen LogP) is 1.94. The van der Waals surface area contributed by atoms with Gasteiger partial charge < -0.3 is 20.1 Å². The second-order valence-electron chi connectivity index (χ2n) is 5.17. The zero-order valence-electron chi connectivity index (χ0n) is 13.2. The Kier molecular flexibility index (Phi) is 8.96. The minimum atomic E-state index is -1.01. The molecule has 0 fully saturated rings. The number of carboxylic acid groups (broad SMARTS) is 1. The largest absolute Gasteiger partial charge is 0.480 e. The average Bonchev–Trinajstić information content (AvgIpc) is 2.39. The van der Waals surface area contributed by atoms with Crippen LogP contribution in [0.3, 0.4) is 0 Å². The van der Waals surface area contributed by atoms with Crippen LogP contribution >= 0.6 is 0 Å². The molecular weight excluding hydrogens is 260 g/mol. The lowest BCUT2D eigenvalue weighted by atomic mass is 10.0. The monoisotopic (exact) mass is 288 g/mol. The van der Waals surface area contributed by atoms with Crippen LogP contribution in [0.1, 0.15) is 40.5 Å². The Morgan fingerprint density at radius 3 is 2.15 bits per heavy atom. The Hall–Kier alpha value is -1.30. The maximum atomic E-state index is 12.3. The molecule has 2 N–H and O–H groups in total. The number of methoxy groups -OCH3 is 1. The van der Waals surface area contributed by atoms with Crippen molar-refractivity contribution in [2.24, 2.45) is 5.92 Å². The van der Waals surface area contributed by atoms with Crippen molar-refractivity contribution in [3.8, 4) is 0 Å². The first kappa shape index (κ1) is 18.7. The highest BCUT2D eigenvalue weighted by atomic mass is 16.5. The topological polar surface area (TPSA) is 78.9 Å². The zero-order chi connectivity index (χ0) is 15.7. The Morgan fingerprint density at radius 1 is 1.25 bits per heavy atom. The van der Waals surface area contributed by atoms with Gasteiger partial charge in [-0.05, 0) is 18.8 Å². The summed E-state index contributed by atoms with van der Waals surface area (Å²) in [6.07, 6.45) is 1.65. The highest BCUT2D eigenvalue weighted by Crippen LogP contribution is 2.10. The predicted molar refractivity (Wildman–Crippen MR) is 77.7 cm³/mol. The van der Waals surface area contributed by atoms with Crippen LogP contribution < -0.4 is 5.32 Å². The first-order chi connectivity index (χ1) is 9.38. The van der Waals surface area contributed by atoms with Gasteiger partial charge in [0.1, 0.15) is 6.04 Å². The van der Waals surface area contributed by atoms with E-state index in [1.165, 1.54) is 0 Å². The summed E-state index contributed by atoms with van der Waals surface area (Å²) in [7, 11) is 1.58. The molecule has 0 aliphatic carbocycles. The van der Waals surface area contributed by atoms with Crippen LogP contribution in [0.2, 0.25) is 0 Å². The number of amides is 2. The summed E-state index contributed by atoms with van der Waals surface area (Å²) in [5.41, 5.74) is 0. The molecule has 0 radical (unpaired) electrons. The standard InChI is InChI=1S/C14H28N2O4/c1-6-11(7-2)16(8-9-20-5)14(19)15-12(10(3)4)13(17)18/h10-12H,6-9H2,1-5H3,(H,15,19)(H,17,18)/t12-/m0/s1. The molecule has 0 aliphatic heterocycles. The molecule has 0 aromatic carbocycles. The van der Waals surface area contributed by atoms with E-state index in [1.807, 2.05) is 13.8 Å². The average molecular weight is 288 g/mol. The quantitative estimate of drug-likeness (QED) is 0.679. The number of hydrogen-bond acceptors (Lipinski definition) is 3. The van der Waals surface area contributed by atoms with Gasteiger partial charge in [-0.25, -0.2) is 9.59 Å². The molecule has 0 aromatic rings. The van der Waals surface area contributed by atoms with Crippen LogP contribution in [0.15, 0.2) is 0 Å². The van der Waals surface area contributed by atoms with E-state index in [2.05, 4.69) is 5.32 Å². The van der Waals surface area contributed by atoms with E-state index in [-0.39, 0.29) is 18.0 Å². The zero-order valence-corrected chi connectivity index (χ0v) is 13.2. The molecule has 118 valence electrons. The summed E-state index contributed by atoms with van der Waals surface area (Å²) in [5, 5.41) is 11.8. The van der Waals surface area contributed by atoms with E-state index in [9.17, 15) is 9.59 Å². The molecule has 0 saturated carbocycles. The van der Waals surface area contributed by atoms with E-state index in [4.69, 9.17) is 9.84 Å². The van der Waals surface area contributed by atoms with Crippen molar-refractivity contribution in [2.45, 2.75) is 52.6 Å². The number of urea groups is 1. The van der Waals surface area contributed by atoms with Gasteiger partial charge in [0.05, 0.1) is 6.61 Å². The van der Waals surface area contributed by atoms with Crippen molar-refractivity contribution in [3.05, 3.63) is 0 Å². The third kappa shape index (κ3) is 5.77.